The molecule has 0 bridgehead atoms. The Balaban J connectivity index is 0.00000113. The number of halogens is 3. The molecule has 0 radical (unpaired) electrons. The van der Waals surface area contributed by atoms with Crippen LogP contribution in [0.2, 0.25) is 0 Å². The molecular formula is C19H29Cl2FN2O. The topological polar surface area (TPSA) is 24.5 Å². The first-order valence-corrected chi connectivity index (χ1v) is 9.02. The van der Waals surface area contributed by atoms with E-state index >= 15 is 0 Å². The van der Waals surface area contributed by atoms with Gasteiger partial charge in [-0.15, -0.1) is 24.8 Å². The second-order valence-electron chi connectivity index (χ2n) is 8.05. The Hall–Kier alpha value is -0.710. The minimum atomic E-state index is -0.224. The Labute approximate surface area is 162 Å². The molecule has 1 aromatic carbocycles. The molecule has 2 saturated carbocycles. The first-order valence-electron chi connectivity index (χ1n) is 9.02. The van der Waals surface area contributed by atoms with Crippen molar-refractivity contribution in [1.29, 1.82) is 0 Å². The molecule has 142 valence electrons. The van der Waals surface area contributed by atoms with Crippen LogP contribution in [-0.2, 0) is 0 Å². The third-order valence-corrected chi connectivity index (χ3v) is 5.34. The number of hydrogen-bond donors (Lipinski definition) is 1. The Morgan fingerprint density at radius 2 is 1.84 bits per heavy atom. The Morgan fingerprint density at radius 1 is 1.12 bits per heavy atom. The summed E-state index contributed by atoms with van der Waals surface area (Å²) in [5.74, 6) is 0.184. The lowest BCUT2D eigenvalue weighted by atomic mass is 9.83. The Bertz CT molecular complexity index is 595. The van der Waals surface area contributed by atoms with Crippen molar-refractivity contribution in [1.82, 2.24) is 5.32 Å². The van der Waals surface area contributed by atoms with Gasteiger partial charge in [0.2, 0.25) is 0 Å². The normalized spacial score (nSPS) is 27.6. The second-order valence-corrected chi connectivity index (χ2v) is 8.05. The van der Waals surface area contributed by atoms with Crippen LogP contribution in [0.5, 0.6) is 5.75 Å². The van der Waals surface area contributed by atoms with Crippen LogP contribution in [-0.4, -0.2) is 30.3 Å². The van der Waals surface area contributed by atoms with Crippen molar-refractivity contribution in [2.24, 2.45) is 0 Å². The van der Waals surface area contributed by atoms with Crippen molar-refractivity contribution in [3.8, 4) is 5.75 Å². The lowest BCUT2D eigenvalue weighted by Crippen LogP contribution is -2.67. The third kappa shape index (κ3) is 4.53. The van der Waals surface area contributed by atoms with E-state index in [4.69, 9.17) is 4.74 Å². The largest absolute Gasteiger partial charge is 0.487 e. The van der Waals surface area contributed by atoms with Crippen molar-refractivity contribution in [3.63, 3.8) is 0 Å². The van der Waals surface area contributed by atoms with Gasteiger partial charge < -0.3 is 15.0 Å². The number of nitrogens with zero attached hydrogens (tertiary/aromatic N) is 1. The highest BCUT2D eigenvalue weighted by molar-refractivity contribution is 5.85. The summed E-state index contributed by atoms with van der Waals surface area (Å²) in [6.45, 7) is 5.40. The number of piperazine rings is 1. The first-order chi connectivity index (χ1) is 11.0. The summed E-state index contributed by atoms with van der Waals surface area (Å²) in [6.07, 6.45) is 7.31. The van der Waals surface area contributed by atoms with Crippen LogP contribution in [0.3, 0.4) is 0 Å². The number of anilines is 1. The highest BCUT2D eigenvalue weighted by Crippen LogP contribution is 2.36. The summed E-state index contributed by atoms with van der Waals surface area (Å²) in [5.41, 5.74) is 1.05. The summed E-state index contributed by atoms with van der Waals surface area (Å²) in [5, 5.41) is 3.79. The molecule has 0 aromatic heterocycles. The number of fused-ring (bicyclic) bond motifs is 1. The fourth-order valence-electron chi connectivity index (χ4n) is 4.16. The van der Waals surface area contributed by atoms with E-state index in [0.29, 0.717) is 17.8 Å². The van der Waals surface area contributed by atoms with E-state index in [1.54, 1.807) is 6.07 Å². The van der Waals surface area contributed by atoms with Gasteiger partial charge in [0.25, 0.3) is 0 Å². The molecule has 1 heterocycles. The SMILES string of the molecule is CC1(C)CN(c2ccc(OC3CC3)c(F)c2)[C@H]2CCCC[C@@H]2N1.Cl.Cl. The van der Waals surface area contributed by atoms with Gasteiger partial charge >= 0.3 is 0 Å². The van der Waals surface area contributed by atoms with Crippen LogP contribution >= 0.6 is 24.8 Å². The molecule has 6 heteroatoms. The quantitative estimate of drug-likeness (QED) is 0.808. The zero-order chi connectivity index (χ0) is 16.0. The zero-order valence-electron chi connectivity index (χ0n) is 15.0. The summed E-state index contributed by atoms with van der Waals surface area (Å²) in [7, 11) is 0. The van der Waals surface area contributed by atoms with Crippen LogP contribution in [0.25, 0.3) is 0 Å². The number of nitrogens with one attached hydrogen (secondary N) is 1. The van der Waals surface area contributed by atoms with E-state index in [1.807, 2.05) is 12.1 Å². The molecule has 3 fully saturated rings. The summed E-state index contributed by atoms with van der Waals surface area (Å²) in [4.78, 5) is 2.42. The number of ether oxygens (including phenoxy) is 1. The third-order valence-electron chi connectivity index (χ3n) is 5.34. The predicted octanol–water partition coefficient (Wildman–Crippen LogP) is 4.71. The van der Waals surface area contributed by atoms with E-state index < -0.39 is 0 Å². The van der Waals surface area contributed by atoms with Crippen molar-refractivity contribution in [3.05, 3.63) is 24.0 Å². The minimum absolute atomic E-state index is 0. The van der Waals surface area contributed by atoms with Gasteiger partial charge in [0.1, 0.15) is 0 Å². The highest BCUT2D eigenvalue weighted by atomic mass is 35.5. The summed E-state index contributed by atoms with van der Waals surface area (Å²) >= 11 is 0. The molecule has 2 aliphatic carbocycles. The van der Waals surface area contributed by atoms with Gasteiger partial charge in [-0.25, -0.2) is 4.39 Å². The molecule has 0 unspecified atom stereocenters. The lowest BCUT2D eigenvalue weighted by Gasteiger charge is -2.52. The van der Waals surface area contributed by atoms with Crippen LogP contribution in [0.4, 0.5) is 10.1 Å². The average Bonchev–Trinajstić information content (AvgIpc) is 3.31. The van der Waals surface area contributed by atoms with Crippen molar-refractivity contribution in [2.75, 3.05) is 11.4 Å². The van der Waals surface area contributed by atoms with Gasteiger partial charge in [0.15, 0.2) is 11.6 Å². The molecule has 1 aromatic rings. The molecule has 2 atom stereocenters. The molecule has 0 amide bonds. The smallest absolute Gasteiger partial charge is 0.167 e. The maximum absolute atomic E-state index is 14.4. The van der Waals surface area contributed by atoms with Crippen LogP contribution in [0.15, 0.2) is 18.2 Å². The molecule has 0 spiro atoms. The summed E-state index contributed by atoms with van der Waals surface area (Å²) in [6, 6.07) is 6.51. The maximum Gasteiger partial charge on any atom is 0.167 e. The first kappa shape index (κ1) is 20.6. The Kier molecular flexibility index (Phi) is 6.50. The molecule has 4 rings (SSSR count). The summed E-state index contributed by atoms with van der Waals surface area (Å²) < 4.78 is 20.1. The van der Waals surface area contributed by atoms with E-state index in [1.165, 1.54) is 25.7 Å². The Morgan fingerprint density at radius 3 is 2.52 bits per heavy atom. The fourth-order valence-corrected chi connectivity index (χ4v) is 4.16. The van der Waals surface area contributed by atoms with Gasteiger partial charge in [-0.2, -0.15) is 0 Å². The van der Waals surface area contributed by atoms with E-state index in [0.717, 1.165) is 25.1 Å². The number of benzene rings is 1. The molecule has 3 nitrogen and oxygen atoms in total. The van der Waals surface area contributed by atoms with E-state index in [2.05, 4.69) is 24.1 Å². The van der Waals surface area contributed by atoms with Crippen molar-refractivity contribution in [2.45, 2.75) is 76.1 Å². The molecule has 1 N–H and O–H groups in total. The van der Waals surface area contributed by atoms with Crippen LogP contribution in [0.1, 0.15) is 52.4 Å². The maximum atomic E-state index is 14.4. The van der Waals surface area contributed by atoms with Gasteiger partial charge in [0.05, 0.1) is 6.10 Å². The molecule has 1 aliphatic heterocycles. The fraction of sp³-hybridized carbons (Fsp3) is 0.684. The molecule has 1 saturated heterocycles. The zero-order valence-corrected chi connectivity index (χ0v) is 16.6. The van der Waals surface area contributed by atoms with Gasteiger partial charge in [-0.3, -0.25) is 0 Å². The van der Waals surface area contributed by atoms with Crippen molar-refractivity contribution < 1.29 is 9.13 Å². The van der Waals surface area contributed by atoms with Gasteiger partial charge in [-0.05, 0) is 51.7 Å². The number of hydrogen-bond acceptors (Lipinski definition) is 3. The van der Waals surface area contributed by atoms with E-state index in [9.17, 15) is 4.39 Å². The second kappa shape index (κ2) is 7.89. The highest BCUT2D eigenvalue weighted by Gasteiger charge is 2.40. The average molecular weight is 391 g/mol. The van der Waals surface area contributed by atoms with E-state index in [-0.39, 0.29) is 42.3 Å². The molecular weight excluding hydrogens is 362 g/mol. The standard InChI is InChI=1S/C19H27FN2O.2ClH/c1-19(2)12-22(17-6-4-3-5-16(17)21-19)13-7-10-18(15(20)11-13)23-14-8-9-14;;/h7,10-11,14,16-17,21H,3-6,8-9,12H2,1-2H3;2*1H/t16-,17-;;/m0../s1. The lowest BCUT2D eigenvalue weighted by molar-refractivity contribution is 0.199. The predicted molar refractivity (Wildman–Crippen MR) is 105 cm³/mol. The van der Waals surface area contributed by atoms with Crippen LogP contribution < -0.4 is 15.0 Å². The van der Waals surface area contributed by atoms with Crippen LogP contribution in [0, 0.1) is 5.82 Å². The van der Waals surface area contributed by atoms with Gasteiger partial charge in [-0.1, -0.05) is 12.8 Å². The number of rotatable bonds is 3. The van der Waals surface area contributed by atoms with Gasteiger partial charge in [0, 0.05) is 35.9 Å². The molecule has 25 heavy (non-hydrogen) atoms. The molecule has 3 aliphatic rings. The monoisotopic (exact) mass is 390 g/mol. The van der Waals surface area contributed by atoms with Crippen molar-refractivity contribution >= 4 is 30.5 Å². The minimum Gasteiger partial charge on any atom is -0.487 e.